The predicted octanol–water partition coefficient (Wildman–Crippen LogP) is 2.19. The molecule has 0 bridgehead atoms. The molecule has 1 heterocycles. The van der Waals surface area contributed by atoms with E-state index in [9.17, 15) is 0 Å². The molecule has 0 radical (unpaired) electrons. The third-order valence-corrected chi connectivity index (χ3v) is 3.43. The summed E-state index contributed by atoms with van der Waals surface area (Å²) in [6, 6.07) is 1.14. The van der Waals surface area contributed by atoms with Crippen LogP contribution in [0.4, 0.5) is 11.8 Å². The minimum atomic E-state index is 0.529. The van der Waals surface area contributed by atoms with Crippen molar-refractivity contribution < 1.29 is 0 Å². The van der Waals surface area contributed by atoms with Crippen LogP contribution in [0.1, 0.15) is 44.9 Å². The Balaban J connectivity index is 1.60. The zero-order valence-corrected chi connectivity index (χ0v) is 10.0. The summed E-state index contributed by atoms with van der Waals surface area (Å²) in [6.07, 6.45) is 10.6. The van der Waals surface area contributed by atoms with Crippen molar-refractivity contribution in [2.24, 2.45) is 0 Å². The van der Waals surface area contributed by atoms with Gasteiger partial charge in [0.05, 0.1) is 6.20 Å². The fourth-order valence-electron chi connectivity index (χ4n) is 2.30. The van der Waals surface area contributed by atoms with E-state index >= 15 is 0 Å². The maximum absolute atomic E-state index is 4.45. The summed E-state index contributed by atoms with van der Waals surface area (Å²) in [6.45, 7) is 0. The number of anilines is 2. The largest absolute Gasteiger partial charge is 0.366 e. The van der Waals surface area contributed by atoms with Gasteiger partial charge in [0.2, 0.25) is 5.95 Å². The first-order valence-electron chi connectivity index (χ1n) is 6.63. The normalized spacial score (nSPS) is 21.2. The highest BCUT2D eigenvalue weighted by Gasteiger charge is 2.22. The van der Waals surface area contributed by atoms with Crippen LogP contribution in [0.2, 0.25) is 0 Å². The lowest BCUT2D eigenvalue weighted by atomic mass is 9.96. The Kier molecular flexibility index (Phi) is 3.07. The lowest BCUT2D eigenvalue weighted by molar-refractivity contribution is 0.460. The van der Waals surface area contributed by atoms with Gasteiger partial charge in [-0.15, -0.1) is 5.10 Å². The van der Waals surface area contributed by atoms with Gasteiger partial charge >= 0.3 is 0 Å². The monoisotopic (exact) mass is 233 g/mol. The summed E-state index contributed by atoms with van der Waals surface area (Å²) < 4.78 is 0. The minimum Gasteiger partial charge on any atom is -0.366 e. The van der Waals surface area contributed by atoms with Crippen LogP contribution in [0, 0.1) is 0 Å². The van der Waals surface area contributed by atoms with E-state index in [4.69, 9.17) is 0 Å². The zero-order valence-electron chi connectivity index (χ0n) is 10.0. The minimum absolute atomic E-state index is 0.529. The van der Waals surface area contributed by atoms with Crippen LogP contribution in [0.25, 0.3) is 0 Å². The van der Waals surface area contributed by atoms with E-state index < -0.39 is 0 Å². The van der Waals surface area contributed by atoms with Gasteiger partial charge in [0.25, 0.3) is 0 Å². The maximum atomic E-state index is 4.45. The van der Waals surface area contributed by atoms with Crippen LogP contribution in [-0.4, -0.2) is 27.3 Å². The fraction of sp³-hybridized carbons (Fsp3) is 0.750. The third kappa shape index (κ3) is 3.05. The highest BCUT2D eigenvalue weighted by atomic mass is 15.3. The van der Waals surface area contributed by atoms with Crippen LogP contribution >= 0.6 is 0 Å². The van der Waals surface area contributed by atoms with Gasteiger partial charge < -0.3 is 10.6 Å². The summed E-state index contributed by atoms with van der Waals surface area (Å²) in [5, 5.41) is 14.8. The summed E-state index contributed by atoms with van der Waals surface area (Å²) in [4.78, 5) is 4.45. The van der Waals surface area contributed by atoms with Gasteiger partial charge in [-0.1, -0.05) is 19.3 Å². The lowest BCUT2D eigenvalue weighted by Gasteiger charge is -2.22. The second-order valence-electron chi connectivity index (χ2n) is 5.06. The van der Waals surface area contributed by atoms with Crippen molar-refractivity contribution in [3.8, 4) is 0 Å². The summed E-state index contributed by atoms with van der Waals surface area (Å²) in [7, 11) is 0. The van der Waals surface area contributed by atoms with Gasteiger partial charge in [-0.25, -0.2) is 0 Å². The van der Waals surface area contributed by atoms with Gasteiger partial charge in [-0.05, 0) is 25.7 Å². The Morgan fingerprint density at radius 3 is 2.47 bits per heavy atom. The van der Waals surface area contributed by atoms with E-state index in [2.05, 4.69) is 25.8 Å². The van der Waals surface area contributed by atoms with E-state index in [0.717, 1.165) is 5.82 Å². The van der Waals surface area contributed by atoms with Crippen molar-refractivity contribution in [2.75, 3.05) is 10.6 Å². The molecule has 0 aromatic carbocycles. The average molecular weight is 233 g/mol. The lowest BCUT2D eigenvalue weighted by Crippen LogP contribution is -2.24. The van der Waals surface area contributed by atoms with Crippen molar-refractivity contribution >= 4 is 11.8 Å². The van der Waals surface area contributed by atoms with Crippen molar-refractivity contribution in [3.63, 3.8) is 0 Å². The van der Waals surface area contributed by atoms with Gasteiger partial charge in [-0.2, -0.15) is 10.1 Å². The Morgan fingerprint density at radius 2 is 1.71 bits per heavy atom. The molecule has 2 fully saturated rings. The van der Waals surface area contributed by atoms with Crippen molar-refractivity contribution in [2.45, 2.75) is 57.0 Å². The van der Waals surface area contributed by atoms with Crippen LogP contribution < -0.4 is 10.6 Å². The number of rotatable bonds is 4. The molecule has 2 aliphatic carbocycles. The SMILES string of the molecule is c1nnc(NC2CCCCC2)nc1NC1CC1. The fourth-order valence-corrected chi connectivity index (χ4v) is 2.30. The van der Waals surface area contributed by atoms with Crippen molar-refractivity contribution in [3.05, 3.63) is 6.20 Å². The second-order valence-corrected chi connectivity index (χ2v) is 5.06. The highest BCUT2D eigenvalue weighted by molar-refractivity contribution is 5.39. The van der Waals surface area contributed by atoms with Gasteiger partial charge in [0, 0.05) is 12.1 Å². The quantitative estimate of drug-likeness (QED) is 0.834. The molecule has 5 nitrogen and oxygen atoms in total. The standard InChI is InChI=1S/C12H19N5/c1-2-4-9(5-3-1)15-12-16-11(8-13-17-12)14-10-6-7-10/h8-10H,1-7H2,(H2,14,15,16,17). The molecule has 2 aliphatic rings. The molecule has 1 aromatic heterocycles. The molecule has 3 rings (SSSR count). The van der Waals surface area contributed by atoms with Crippen molar-refractivity contribution in [1.82, 2.24) is 15.2 Å². The smallest absolute Gasteiger partial charge is 0.244 e. The van der Waals surface area contributed by atoms with Crippen LogP contribution in [0.5, 0.6) is 0 Å². The van der Waals surface area contributed by atoms with Gasteiger partial charge in [-0.3, -0.25) is 0 Å². The Morgan fingerprint density at radius 1 is 0.941 bits per heavy atom. The van der Waals surface area contributed by atoms with E-state index in [0.29, 0.717) is 18.0 Å². The average Bonchev–Trinajstić information content (AvgIpc) is 3.15. The summed E-state index contributed by atoms with van der Waals surface area (Å²) in [5.74, 6) is 1.52. The number of nitrogens with zero attached hydrogens (tertiary/aromatic N) is 3. The second kappa shape index (κ2) is 4.85. The van der Waals surface area contributed by atoms with E-state index in [1.165, 1.54) is 44.9 Å². The number of hydrogen-bond donors (Lipinski definition) is 2. The Labute approximate surface area is 101 Å². The Hall–Kier alpha value is -1.39. The van der Waals surface area contributed by atoms with Crippen LogP contribution in [-0.2, 0) is 0 Å². The molecule has 1 aromatic rings. The molecule has 0 spiro atoms. The summed E-state index contributed by atoms with van der Waals surface area (Å²) >= 11 is 0. The topological polar surface area (TPSA) is 62.7 Å². The molecule has 0 atom stereocenters. The molecule has 0 aliphatic heterocycles. The molecular formula is C12H19N5. The van der Waals surface area contributed by atoms with E-state index in [1.807, 2.05) is 0 Å². The molecule has 0 amide bonds. The number of nitrogens with one attached hydrogen (secondary N) is 2. The molecular weight excluding hydrogens is 214 g/mol. The molecule has 5 heteroatoms. The number of hydrogen-bond acceptors (Lipinski definition) is 5. The summed E-state index contributed by atoms with van der Waals surface area (Å²) in [5.41, 5.74) is 0. The third-order valence-electron chi connectivity index (χ3n) is 3.43. The molecule has 2 saturated carbocycles. The zero-order chi connectivity index (χ0) is 11.5. The van der Waals surface area contributed by atoms with Gasteiger partial charge in [0.15, 0.2) is 5.82 Å². The van der Waals surface area contributed by atoms with Crippen molar-refractivity contribution in [1.29, 1.82) is 0 Å². The van der Waals surface area contributed by atoms with Gasteiger partial charge in [0.1, 0.15) is 0 Å². The van der Waals surface area contributed by atoms with E-state index in [-0.39, 0.29) is 0 Å². The Bertz CT molecular complexity index is 371. The number of aromatic nitrogens is 3. The molecule has 17 heavy (non-hydrogen) atoms. The highest BCUT2D eigenvalue weighted by Crippen LogP contribution is 2.24. The molecule has 0 saturated heterocycles. The predicted molar refractivity (Wildman–Crippen MR) is 67.0 cm³/mol. The molecule has 0 unspecified atom stereocenters. The first-order chi connectivity index (χ1) is 8.40. The first-order valence-corrected chi connectivity index (χ1v) is 6.63. The maximum Gasteiger partial charge on any atom is 0.244 e. The molecule has 2 N–H and O–H groups in total. The van der Waals surface area contributed by atoms with E-state index in [1.54, 1.807) is 6.20 Å². The molecule has 92 valence electrons. The first kappa shape index (κ1) is 10.7. The van der Waals surface area contributed by atoms with Crippen LogP contribution in [0.3, 0.4) is 0 Å². The van der Waals surface area contributed by atoms with Crippen LogP contribution in [0.15, 0.2) is 6.20 Å².